The Morgan fingerprint density at radius 1 is 0.333 bits per heavy atom. The molecule has 0 aromatic heterocycles. The van der Waals surface area contributed by atoms with Crippen LogP contribution in [-0.2, 0) is 81.5 Å². The van der Waals surface area contributed by atoms with E-state index in [1.165, 1.54) is 0 Å². The number of aliphatic hydroxyl groups excluding tert-OH is 2. The molecule has 8 heterocycles. The van der Waals surface area contributed by atoms with E-state index in [9.17, 15) is 10.2 Å². The van der Waals surface area contributed by atoms with Gasteiger partial charge in [0, 0.05) is 289 Å². The molecule has 0 radical (unpaired) electrons. The highest BCUT2D eigenvalue weighted by atomic mass is 28.4. The number of β-amino-alcohol motifs (C(OH)–C–C–N with tert-alkyl or cyclic N) is 2. The van der Waals surface area contributed by atoms with Crippen molar-refractivity contribution in [1.29, 1.82) is 0 Å². The van der Waals surface area contributed by atoms with Gasteiger partial charge in [-0.2, -0.15) is 0 Å². The fourth-order valence-corrected chi connectivity index (χ4v) is 32.8. The van der Waals surface area contributed by atoms with Gasteiger partial charge in [-0.25, -0.2) is 0 Å². The van der Waals surface area contributed by atoms with Crippen LogP contribution in [0.1, 0.15) is 93.9 Å². The highest BCUT2D eigenvalue weighted by Gasteiger charge is 2.42. The van der Waals surface area contributed by atoms with E-state index in [0.717, 1.165) is 278 Å². The minimum Gasteiger partial charge on any atom is -0.395 e. The molecule has 8 saturated heterocycles. The van der Waals surface area contributed by atoms with Crippen molar-refractivity contribution in [3.8, 4) is 0 Å². The fraction of sp³-hybridized carbons (Fsp3) is 1.00. The van der Waals surface area contributed by atoms with Gasteiger partial charge in [-0.05, 0) is 212 Å². The van der Waals surface area contributed by atoms with Crippen molar-refractivity contribution in [3.05, 3.63) is 0 Å². The van der Waals surface area contributed by atoms with Gasteiger partial charge < -0.3 is 121 Å². The average Bonchev–Trinajstić information content (AvgIpc) is 0.836. The Morgan fingerprint density at radius 2 is 0.603 bits per heavy atom. The van der Waals surface area contributed by atoms with Crippen LogP contribution < -0.4 is 0 Å². The van der Waals surface area contributed by atoms with E-state index < -0.39 is 63.6 Å². The number of ether oxygens (including phenoxy) is 6. The molecule has 8 aliphatic heterocycles. The fourth-order valence-electron chi connectivity index (χ4n) is 17.7. The maximum absolute atomic E-state index is 10.5. The number of hydrogen-bond acceptors (Lipinski definition) is 32. The molecule has 0 bridgehead atoms. The summed E-state index contributed by atoms with van der Waals surface area (Å²) in [6.07, 6.45) is 5.02. The third-order valence-corrected chi connectivity index (χ3v) is 43.1. The summed E-state index contributed by atoms with van der Waals surface area (Å²) in [5.41, 5.74) is 0. The Kier molecular flexibility index (Phi) is 61.5. The smallest absolute Gasteiger partial charge is 0.335 e. The summed E-state index contributed by atoms with van der Waals surface area (Å²) in [4.78, 5) is 28.9. The largest absolute Gasteiger partial charge is 0.395 e. The van der Waals surface area contributed by atoms with Crippen LogP contribution in [0.3, 0.4) is 0 Å². The lowest BCUT2D eigenvalue weighted by atomic mass is 10.3. The maximum atomic E-state index is 10.5. The average molecular weight is 1910 g/mol. The van der Waals surface area contributed by atoms with Crippen molar-refractivity contribution in [2.75, 3.05) is 371 Å². The van der Waals surface area contributed by atoms with E-state index in [4.69, 9.17) is 81.5 Å². The predicted octanol–water partition coefficient (Wildman–Crippen LogP) is 6.88. The first-order chi connectivity index (χ1) is 60.4. The zero-order chi connectivity index (χ0) is 92.0. The Bertz CT molecular complexity index is 2610. The summed E-state index contributed by atoms with van der Waals surface area (Å²) < 4.78 is 111. The van der Waals surface area contributed by atoms with Crippen LogP contribution in [0.15, 0.2) is 0 Å². The molecule has 38 heteroatoms. The Morgan fingerprint density at radius 3 is 0.929 bits per heavy atom. The third kappa shape index (κ3) is 52.0. The third-order valence-electron chi connectivity index (χ3n) is 25.0. The summed E-state index contributed by atoms with van der Waals surface area (Å²) in [6.45, 7) is 73.3. The maximum Gasteiger partial charge on any atom is 0.335 e. The van der Waals surface area contributed by atoms with Gasteiger partial charge in [0.25, 0.3) is 0 Å². The molecule has 9 unspecified atom stereocenters. The zero-order valence-electron chi connectivity index (χ0n) is 83.9. The molecule has 748 valence electrons. The molecule has 8 rings (SSSR count). The minimum atomic E-state index is -2.45. The lowest BCUT2D eigenvalue weighted by molar-refractivity contribution is -0.0351. The first kappa shape index (κ1) is 117. The lowest BCUT2D eigenvalue weighted by Gasteiger charge is -2.41. The molecule has 0 saturated carbocycles. The van der Waals surface area contributed by atoms with Crippen molar-refractivity contribution in [2.45, 2.75) is 206 Å². The molecule has 0 spiro atoms. The normalized spacial score (nSPS) is 25.1. The molecule has 0 aromatic carbocycles. The highest BCUT2D eigenvalue weighted by molar-refractivity contribution is 6.68. The molecule has 126 heavy (non-hydrogen) atoms. The van der Waals surface area contributed by atoms with Crippen molar-refractivity contribution in [3.63, 3.8) is 0 Å². The number of rotatable bonds is 56. The Labute approximate surface area is 774 Å². The van der Waals surface area contributed by atoms with E-state index in [0.29, 0.717) is 125 Å². The van der Waals surface area contributed by atoms with Gasteiger partial charge in [0.15, 0.2) is 0 Å². The van der Waals surface area contributed by atoms with E-state index in [1.54, 1.807) is 0 Å². The highest BCUT2D eigenvalue weighted by Crippen LogP contribution is 2.28. The van der Waals surface area contributed by atoms with Gasteiger partial charge in [-0.15, -0.1) is 0 Å². The van der Waals surface area contributed by atoms with Crippen LogP contribution in [0.5, 0.6) is 0 Å². The molecule has 9 atom stereocenters. The van der Waals surface area contributed by atoms with Crippen molar-refractivity contribution in [1.82, 2.24) is 58.8 Å². The summed E-state index contributed by atoms with van der Waals surface area (Å²) in [7, 11) is -0.0897. The van der Waals surface area contributed by atoms with E-state index in [2.05, 4.69) is 147 Å². The summed E-state index contributed by atoms with van der Waals surface area (Å²) in [5, 5.41) is 20.5. The number of hydrogen-bond donors (Lipinski definition) is 2. The van der Waals surface area contributed by atoms with Crippen molar-refractivity contribution >= 4 is 51.4 Å². The number of aliphatic hydroxyl groups is 2. The number of nitrogens with zero attached hydrogens (tertiary/aromatic N) is 12. The molecular formula is C88H192N12O20Si6. The van der Waals surface area contributed by atoms with Crippen LogP contribution in [0.2, 0.25) is 75.5 Å². The van der Waals surface area contributed by atoms with Gasteiger partial charge in [-0.1, -0.05) is 0 Å². The summed E-state index contributed by atoms with van der Waals surface area (Å²) in [6, 6.07) is 5.65. The topological polar surface area (TPSA) is 245 Å². The second-order valence-corrected chi connectivity index (χ2v) is 57.1. The van der Waals surface area contributed by atoms with Gasteiger partial charge in [0.2, 0.25) is 0 Å². The van der Waals surface area contributed by atoms with Crippen molar-refractivity contribution < 1.29 is 91.7 Å². The second-order valence-electron chi connectivity index (χ2n) is 37.2. The minimum absolute atomic E-state index is 0.00659. The van der Waals surface area contributed by atoms with E-state index in [1.807, 2.05) is 48.5 Å². The molecule has 2 N–H and O–H groups in total. The molecule has 0 aliphatic carbocycles. The molecule has 0 aromatic rings. The standard InChI is InChI=1S/C30H66N4O7Si2.C28H60N4O6Si2.C16H36N2O4Si.C14H30N2O3Si/c1-8-38-42(6,39-9-2)23-11-22-37-28-30(26-34-19-15-32(5)16-20-34)41-43(7,40-10-3)24-12-21-36-27-29(35)25-33-17-13-31(4)14-18-33;1-7-35-39(5,36-8-2)21-9-19-33-25-27(23-31-15-11-29(3)12-16-31)37-40(6)22-10-20-34-26-28(38-40)24-32-17-13-30(4)14-18-32;1-5-21-23(4,22-6-2)13-7-12-20-15-16(19)14-18-10-8-17(3)9-11-18;1-4-18-20(3)11-5-10-17-13-14(19-20)12-16-8-6-15(2)7-9-16/h29-30,35H,8-28H2,1-7H3;27-28H,7-26H2,1-6H3;16,19H,5-15H2,1-4H3;14H,4-13H2,1-3H3. The number of piperazine rings is 6. The Balaban J connectivity index is 0.000000312. The monoisotopic (exact) mass is 1910 g/mol. The van der Waals surface area contributed by atoms with Crippen LogP contribution in [0.25, 0.3) is 0 Å². The van der Waals surface area contributed by atoms with Gasteiger partial charge >= 0.3 is 51.4 Å². The van der Waals surface area contributed by atoms with Crippen LogP contribution in [0, 0.1) is 0 Å². The molecule has 32 nitrogen and oxygen atoms in total. The lowest BCUT2D eigenvalue weighted by Crippen LogP contribution is -2.55. The van der Waals surface area contributed by atoms with E-state index in [-0.39, 0.29) is 24.4 Å². The van der Waals surface area contributed by atoms with Crippen molar-refractivity contribution in [2.24, 2.45) is 0 Å². The quantitative estimate of drug-likeness (QED) is 0.0465. The summed E-state index contributed by atoms with van der Waals surface area (Å²) >= 11 is 0. The first-order valence-corrected chi connectivity index (χ1v) is 64.7. The van der Waals surface area contributed by atoms with Gasteiger partial charge in [0.05, 0.1) is 76.3 Å². The predicted molar refractivity (Wildman–Crippen MR) is 519 cm³/mol. The van der Waals surface area contributed by atoms with Crippen LogP contribution in [-0.4, -0.2) is 528 Å². The Hall–Kier alpha value is 0.0213. The van der Waals surface area contributed by atoms with E-state index >= 15 is 0 Å². The van der Waals surface area contributed by atoms with Gasteiger partial charge in [-0.3, -0.25) is 29.4 Å². The van der Waals surface area contributed by atoms with Gasteiger partial charge in [0.1, 0.15) is 0 Å². The summed E-state index contributed by atoms with van der Waals surface area (Å²) in [5.74, 6) is 0. The molecule has 8 aliphatic rings. The number of likely N-dealkylation sites (N-methyl/N-ethyl adjacent to an activating group) is 6. The zero-order valence-corrected chi connectivity index (χ0v) is 89.9. The molecule has 8 fully saturated rings. The van der Waals surface area contributed by atoms with Crippen LogP contribution in [0.4, 0.5) is 0 Å². The SMILES string of the molecule is CCO[Si](C)(CCCOCC(CN1CCN(C)CC1)O[Si](C)(CCCOCC(O)CN1CCN(C)CC1)OCC)OCC.CCO[Si](C)(CCCOCC(CN1CCN(C)CC1)O[Si]1(C)CCCOCC(CN2CCN(C)CC2)O1)OCC.CCO[Si](C)(CCCOCC(O)CN1CCN(C)CC1)OCC.CCO[Si]1(C)CCCOCC(CN2CCN(C)CC2)O1. The molecular weight excluding hydrogens is 1710 g/mol. The van der Waals surface area contributed by atoms with Crippen LogP contribution >= 0.6 is 0 Å². The molecule has 0 amide bonds. The first-order valence-electron chi connectivity index (χ1n) is 49.5. The second kappa shape index (κ2) is 66.5.